The van der Waals surface area contributed by atoms with Gasteiger partial charge in [-0.3, -0.25) is 0 Å². The number of sulfonamides is 1. The first-order valence-corrected chi connectivity index (χ1v) is 11.0. The van der Waals surface area contributed by atoms with Crippen LogP contribution in [0.25, 0.3) is 0 Å². The molecule has 1 heterocycles. The fourth-order valence-electron chi connectivity index (χ4n) is 2.88. The van der Waals surface area contributed by atoms with Crippen molar-refractivity contribution in [3.05, 3.63) is 71.8 Å². The molecular formula is C21H18ClN3O4S. The average Bonchev–Trinajstić information content (AvgIpc) is 2.71. The van der Waals surface area contributed by atoms with Gasteiger partial charge in [0.25, 0.3) is 10.0 Å². The van der Waals surface area contributed by atoms with Crippen LogP contribution in [0.1, 0.15) is 6.92 Å². The van der Waals surface area contributed by atoms with Crippen molar-refractivity contribution >= 4 is 39.0 Å². The Labute approximate surface area is 179 Å². The molecule has 0 radical (unpaired) electrons. The predicted molar refractivity (Wildman–Crippen MR) is 117 cm³/mol. The second kappa shape index (κ2) is 8.25. The first kappa shape index (κ1) is 20.1. The van der Waals surface area contributed by atoms with Crippen LogP contribution < -0.4 is 20.1 Å². The minimum absolute atomic E-state index is 0.0179. The molecule has 4 rings (SSSR count). The Morgan fingerprint density at radius 2 is 1.73 bits per heavy atom. The summed E-state index contributed by atoms with van der Waals surface area (Å²) in [5.41, 5.74) is 0.925. The molecule has 0 saturated heterocycles. The molecular weight excluding hydrogens is 426 g/mol. The molecule has 1 aliphatic rings. The average molecular weight is 444 g/mol. The molecule has 0 bridgehead atoms. The van der Waals surface area contributed by atoms with E-state index in [1.54, 1.807) is 60.7 Å². The number of rotatable bonds is 5. The van der Waals surface area contributed by atoms with Gasteiger partial charge in [-0.2, -0.15) is 8.42 Å². The van der Waals surface area contributed by atoms with Crippen LogP contribution in [0.5, 0.6) is 17.2 Å². The van der Waals surface area contributed by atoms with Crippen molar-refractivity contribution in [1.29, 1.82) is 0 Å². The lowest BCUT2D eigenvalue weighted by Gasteiger charge is -2.22. The Bertz CT molecular complexity index is 1210. The summed E-state index contributed by atoms with van der Waals surface area (Å²) in [6.07, 6.45) is 0. The van der Waals surface area contributed by atoms with Crippen LogP contribution in [0.3, 0.4) is 0 Å². The van der Waals surface area contributed by atoms with Crippen molar-refractivity contribution in [1.82, 2.24) is 0 Å². The number of para-hydroxylation sites is 2. The van der Waals surface area contributed by atoms with E-state index in [4.69, 9.17) is 21.1 Å². The molecule has 2 N–H and O–H groups in total. The van der Waals surface area contributed by atoms with Crippen LogP contribution in [-0.4, -0.2) is 21.0 Å². The summed E-state index contributed by atoms with van der Waals surface area (Å²) in [6.45, 7) is 2.46. The number of benzene rings is 3. The molecule has 0 aliphatic carbocycles. The van der Waals surface area contributed by atoms with E-state index in [0.29, 0.717) is 28.8 Å². The van der Waals surface area contributed by atoms with E-state index in [1.807, 2.05) is 6.92 Å². The number of halogens is 1. The Hall–Kier alpha value is -3.23. The largest absolute Gasteiger partial charge is 0.494 e. The molecule has 0 aromatic heterocycles. The van der Waals surface area contributed by atoms with Gasteiger partial charge < -0.3 is 20.1 Å². The number of guanidine groups is 1. The first-order chi connectivity index (χ1) is 14.5. The fraction of sp³-hybridized carbons (Fsp3) is 0.0952. The van der Waals surface area contributed by atoms with E-state index in [-0.39, 0.29) is 16.5 Å². The molecule has 0 spiro atoms. The van der Waals surface area contributed by atoms with Crippen LogP contribution in [-0.2, 0) is 10.0 Å². The zero-order valence-electron chi connectivity index (χ0n) is 15.9. The highest BCUT2D eigenvalue weighted by atomic mass is 35.5. The zero-order valence-corrected chi connectivity index (χ0v) is 17.5. The van der Waals surface area contributed by atoms with Crippen molar-refractivity contribution in [2.45, 2.75) is 11.8 Å². The Morgan fingerprint density at radius 3 is 2.47 bits per heavy atom. The van der Waals surface area contributed by atoms with Gasteiger partial charge in [-0.05, 0) is 55.5 Å². The lowest BCUT2D eigenvalue weighted by molar-refractivity contribution is 0.340. The third-order valence-corrected chi connectivity index (χ3v) is 5.84. The maximum Gasteiger partial charge on any atom is 0.287 e. The van der Waals surface area contributed by atoms with Crippen LogP contribution in [0.2, 0.25) is 5.02 Å². The van der Waals surface area contributed by atoms with Crippen LogP contribution in [0.4, 0.5) is 11.4 Å². The first-order valence-electron chi connectivity index (χ1n) is 9.13. The van der Waals surface area contributed by atoms with E-state index >= 15 is 0 Å². The number of fused-ring (bicyclic) bond motifs is 1. The molecule has 0 saturated carbocycles. The number of nitrogens with zero attached hydrogens (tertiary/aromatic N) is 1. The molecule has 30 heavy (non-hydrogen) atoms. The summed E-state index contributed by atoms with van der Waals surface area (Å²) >= 11 is 6.17. The van der Waals surface area contributed by atoms with Crippen molar-refractivity contribution in [3.63, 3.8) is 0 Å². The zero-order chi connectivity index (χ0) is 21.1. The quantitative estimate of drug-likeness (QED) is 0.569. The van der Waals surface area contributed by atoms with E-state index in [0.717, 1.165) is 5.75 Å². The topological polar surface area (TPSA) is 89.0 Å². The van der Waals surface area contributed by atoms with Gasteiger partial charge in [0.1, 0.15) is 22.1 Å². The van der Waals surface area contributed by atoms with E-state index < -0.39 is 10.0 Å². The highest BCUT2D eigenvalue weighted by Crippen LogP contribution is 2.39. The lowest BCUT2D eigenvalue weighted by atomic mass is 10.2. The third-order valence-electron chi connectivity index (χ3n) is 4.21. The van der Waals surface area contributed by atoms with Gasteiger partial charge in [0.15, 0.2) is 5.75 Å². The highest BCUT2D eigenvalue weighted by Gasteiger charge is 2.28. The minimum Gasteiger partial charge on any atom is -0.494 e. The van der Waals surface area contributed by atoms with Gasteiger partial charge >= 0.3 is 0 Å². The molecule has 0 unspecified atom stereocenters. The molecule has 1 aliphatic heterocycles. The summed E-state index contributed by atoms with van der Waals surface area (Å²) in [6, 6.07) is 18.8. The van der Waals surface area contributed by atoms with E-state index in [1.165, 1.54) is 6.07 Å². The number of anilines is 2. The summed E-state index contributed by atoms with van der Waals surface area (Å²) < 4.78 is 40.6. The molecule has 0 fully saturated rings. The monoisotopic (exact) mass is 443 g/mol. The van der Waals surface area contributed by atoms with Gasteiger partial charge in [0, 0.05) is 5.69 Å². The number of ether oxygens (including phenoxy) is 2. The van der Waals surface area contributed by atoms with Crippen molar-refractivity contribution < 1.29 is 17.9 Å². The summed E-state index contributed by atoms with van der Waals surface area (Å²) in [5, 5.41) is 6.39. The standard InChI is InChI=1S/C21H18ClN3O4S/c1-2-28-15-12-10-14(11-13-15)23-21-24-20-18(29-17-7-4-3-6-16(17)22)8-5-9-19(20)30(26,27)25-21/h3-13H,2H2,1H3,(H2,23,24,25). The number of hydrogen-bond acceptors (Lipinski definition) is 6. The smallest absolute Gasteiger partial charge is 0.287 e. The SMILES string of the molecule is CCOc1ccc(NC2=NS(=O)(=O)c3cccc(Oc4ccccc4Cl)c3N2)cc1. The highest BCUT2D eigenvalue weighted by molar-refractivity contribution is 7.90. The summed E-state index contributed by atoms with van der Waals surface area (Å²) in [4.78, 5) is 0.0179. The van der Waals surface area contributed by atoms with Gasteiger partial charge in [-0.15, -0.1) is 4.40 Å². The van der Waals surface area contributed by atoms with Gasteiger partial charge in [-0.25, -0.2) is 0 Å². The van der Waals surface area contributed by atoms with Gasteiger partial charge in [0.2, 0.25) is 5.96 Å². The lowest BCUT2D eigenvalue weighted by Crippen LogP contribution is -2.28. The fourth-order valence-corrected chi connectivity index (χ4v) is 4.15. The second-order valence-corrected chi connectivity index (χ2v) is 8.26. The second-order valence-electron chi connectivity index (χ2n) is 6.28. The van der Waals surface area contributed by atoms with Gasteiger partial charge in [-0.1, -0.05) is 29.8 Å². The molecule has 3 aromatic rings. The molecule has 3 aromatic carbocycles. The normalized spacial score (nSPS) is 14.1. The van der Waals surface area contributed by atoms with E-state index in [9.17, 15) is 8.42 Å². The molecule has 0 amide bonds. The van der Waals surface area contributed by atoms with Crippen LogP contribution in [0, 0.1) is 0 Å². The maximum atomic E-state index is 12.7. The Kier molecular flexibility index (Phi) is 5.52. The molecule has 154 valence electrons. The summed E-state index contributed by atoms with van der Waals surface area (Å²) in [5.74, 6) is 1.50. The Morgan fingerprint density at radius 1 is 1.00 bits per heavy atom. The Balaban J connectivity index is 1.64. The van der Waals surface area contributed by atoms with Gasteiger partial charge in [0.05, 0.1) is 11.6 Å². The summed E-state index contributed by atoms with van der Waals surface area (Å²) in [7, 11) is -3.93. The van der Waals surface area contributed by atoms with Crippen molar-refractivity contribution in [2.75, 3.05) is 17.2 Å². The number of nitrogens with one attached hydrogen (secondary N) is 2. The molecule has 9 heteroatoms. The van der Waals surface area contributed by atoms with Crippen molar-refractivity contribution in [2.24, 2.45) is 4.40 Å². The third kappa shape index (κ3) is 4.19. The predicted octanol–water partition coefficient (Wildman–Crippen LogP) is 5.11. The van der Waals surface area contributed by atoms with Crippen LogP contribution >= 0.6 is 11.6 Å². The number of hydrogen-bond donors (Lipinski definition) is 2. The minimum atomic E-state index is -3.93. The van der Waals surface area contributed by atoms with Crippen molar-refractivity contribution in [3.8, 4) is 17.2 Å². The van der Waals surface area contributed by atoms with E-state index in [2.05, 4.69) is 15.0 Å². The molecule has 7 nitrogen and oxygen atoms in total. The molecule has 0 atom stereocenters. The maximum absolute atomic E-state index is 12.7. The van der Waals surface area contributed by atoms with Crippen LogP contribution in [0.15, 0.2) is 76.0 Å².